The monoisotopic (exact) mass is 766 g/mol. The number of nitrogens with one attached hydrogen (secondary N) is 3. The van der Waals surface area contributed by atoms with Gasteiger partial charge in [-0.25, -0.2) is 4.99 Å². The van der Waals surface area contributed by atoms with Crippen LogP contribution in [0.2, 0.25) is 0 Å². The van der Waals surface area contributed by atoms with E-state index in [2.05, 4.69) is 67.6 Å². The molecule has 5 unspecified atom stereocenters. The van der Waals surface area contributed by atoms with Crippen molar-refractivity contribution in [3.8, 4) is 6.07 Å². The number of amidine groups is 1. The smallest absolute Gasteiger partial charge is 0.251 e. The molecule has 9 heteroatoms. The number of benzene rings is 2. The van der Waals surface area contributed by atoms with Gasteiger partial charge in [0.25, 0.3) is 5.91 Å². The van der Waals surface area contributed by atoms with Crippen LogP contribution in [0.15, 0.2) is 83.5 Å². The molecule has 2 aliphatic carbocycles. The summed E-state index contributed by atoms with van der Waals surface area (Å²) in [6.07, 6.45) is 13.8. The van der Waals surface area contributed by atoms with Crippen molar-refractivity contribution in [1.82, 2.24) is 20.9 Å². The normalized spacial score (nSPS) is 21.7. The fourth-order valence-electron chi connectivity index (χ4n) is 7.96. The number of nitrogens with two attached hydrogens (primary N) is 1. The van der Waals surface area contributed by atoms with Crippen molar-refractivity contribution in [3.63, 3.8) is 0 Å². The van der Waals surface area contributed by atoms with Gasteiger partial charge in [0.1, 0.15) is 11.9 Å². The molecule has 5 rings (SSSR count). The van der Waals surface area contributed by atoms with Gasteiger partial charge in [-0.2, -0.15) is 5.26 Å². The highest BCUT2D eigenvalue weighted by molar-refractivity contribution is 5.99. The molecule has 9 nitrogen and oxygen atoms in total. The molecule has 1 aliphatic heterocycles. The maximum atomic E-state index is 13.7. The molecule has 1 saturated heterocycles. The van der Waals surface area contributed by atoms with Gasteiger partial charge in [-0.1, -0.05) is 81.3 Å². The molecule has 56 heavy (non-hydrogen) atoms. The van der Waals surface area contributed by atoms with Gasteiger partial charge >= 0.3 is 0 Å². The number of hydrogen-bond donors (Lipinski definition) is 4. The van der Waals surface area contributed by atoms with Crippen LogP contribution < -0.4 is 21.7 Å². The van der Waals surface area contributed by atoms with Gasteiger partial charge in [0.15, 0.2) is 0 Å². The van der Waals surface area contributed by atoms with Gasteiger partial charge < -0.3 is 26.6 Å². The average molecular weight is 766 g/mol. The third-order valence-corrected chi connectivity index (χ3v) is 11.0. The summed E-state index contributed by atoms with van der Waals surface area (Å²) in [6.45, 7) is 19.9. The van der Waals surface area contributed by atoms with Crippen LogP contribution in [0, 0.1) is 24.2 Å². The molecule has 0 radical (unpaired) electrons. The second-order valence-corrected chi connectivity index (χ2v) is 14.4. The number of amides is 2. The van der Waals surface area contributed by atoms with Crippen molar-refractivity contribution in [2.75, 3.05) is 20.6 Å². The molecule has 0 bridgehead atoms. The summed E-state index contributed by atoms with van der Waals surface area (Å²) < 4.78 is 0. The molecule has 2 fully saturated rings. The highest BCUT2D eigenvalue weighted by Crippen LogP contribution is 2.46. The van der Waals surface area contributed by atoms with Crippen LogP contribution in [0.25, 0.3) is 0 Å². The molecule has 3 aliphatic rings. The maximum absolute atomic E-state index is 13.7. The Morgan fingerprint density at radius 2 is 1.77 bits per heavy atom. The van der Waals surface area contributed by atoms with Crippen molar-refractivity contribution < 1.29 is 9.59 Å². The number of nitriles is 1. The van der Waals surface area contributed by atoms with Crippen LogP contribution in [0.4, 0.5) is 5.69 Å². The topological polar surface area (TPSA) is 136 Å². The molecule has 5 atom stereocenters. The van der Waals surface area contributed by atoms with Crippen molar-refractivity contribution >= 4 is 23.3 Å². The van der Waals surface area contributed by atoms with Crippen LogP contribution in [0.1, 0.15) is 127 Å². The quantitative estimate of drug-likeness (QED) is 0.0968. The average Bonchev–Trinajstić information content (AvgIpc) is 4.03. The zero-order chi connectivity index (χ0) is 41.8. The number of aryl methyl sites for hydroxylation is 2. The first kappa shape index (κ1) is 47.5. The van der Waals surface area contributed by atoms with Crippen molar-refractivity contribution in [2.45, 2.75) is 137 Å². The molecule has 2 amide bonds. The minimum absolute atomic E-state index is 0.00561. The first-order valence-electron chi connectivity index (χ1n) is 20.8. The summed E-state index contributed by atoms with van der Waals surface area (Å²) in [6, 6.07) is 16.1. The molecule has 2 aromatic rings. The Kier molecular flexibility index (Phi) is 20.4. The van der Waals surface area contributed by atoms with E-state index < -0.39 is 5.41 Å². The van der Waals surface area contributed by atoms with E-state index in [0.29, 0.717) is 23.7 Å². The minimum atomic E-state index is -0.780. The molecular formula is C47H71N7O2. The zero-order valence-corrected chi connectivity index (χ0v) is 36.1. The van der Waals surface area contributed by atoms with Crippen LogP contribution in [-0.4, -0.2) is 61.3 Å². The standard InChI is InChI=1S/C40H52N6O2.C3H7N.2C2H6/c1-6-7-8-10-29-15-16-30-21-32(38(48)43-5)17-20-35(30)40(28(29)4,39(42)45-33-18-13-26(2)14-19-33)23-27(3)44-25-37(47)46-34(24-41)12-9-11-31-22-36(31)46;1-3-4-2;2*1-2/h6-7,13-14,17-21,27,31,34,36,44H,8-12,15-16,22-23,25H2,1-5H3,(H2,42,45)(H,43,48);3-4H,1H2,2H3;2*1-2H3/b7-6-;;;. The number of carbonyl (C=O) groups excluding carboxylic acids is 2. The van der Waals surface area contributed by atoms with E-state index in [1.807, 2.05) is 83.0 Å². The lowest BCUT2D eigenvalue weighted by Crippen LogP contribution is -2.50. The summed E-state index contributed by atoms with van der Waals surface area (Å²) in [5.74, 6) is 0.902. The third-order valence-electron chi connectivity index (χ3n) is 11.0. The fourth-order valence-corrected chi connectivity index (χ4v) is 7.96. The lowest BCUT2D eigenvalue weighted by atomic mass is 9.67. The number of fused-ring (bicyclic) bond motifs is 2. The Labute approximate surface area is 339 Å². The van der Waals surface area contributed by atoms with Gasteiger partial charge in [-0.05, 0) is 133 Å². The van der Waals surface area contributed by atoms with E-state index >= 15 is 0 Å². The fraction of sp³-hybridized carbons (Fsp3) is 0.532. The first-order valence-corrected chi connectivity index (χ1v) is 20.8. The number of allylic oxidation sites excluding steroid dienone is 3. The Morgan fingerprint density at radius 1 is 1.09 bits per heavy atom. The number of nitrogens with zero attached hydrogens (tertiary/aromatic N) is 3. The number of hydrogen-bond acceptors (Lipinski definition) is 6. The Morgan fingerprint density at radius 3 is 2.38 bits per heavy atom. The van der Waals surface area contributed by atoms with Crippen LogP contribution in [0.5, 0.6) is 0 Å². The highest BCUT2D eigenvalue weighted by atomic mass is 16.2. The molecular weight excluding hydrogens is 695 g/mol. The second kappa shape index (κ2) is 24.1. The first-order chi connectivity index (χ1) is 27.0. The van der Waals surface area contributed by atoms with E-state index in [1.54, 1.807) is 13.2 Å². The van der Waals surface area contributed by atoms with Gasteiger partial charge in [0.05, 0.1) is 23.7 Å². The van der Waals surface area contributed by atoms with Crippen LogP contribution in [-0.2, 0) is 16.6 Å². The van der Waals surface area contributed by atoms with E-state index in [-0.39, 0.29) is 36.5 Å². The highest BCUT2D eigenvalue weighted by Gasteiger charge is 2.48. The predicted octanol–water partition coefficient (Wildman–Crippen LogP) is 8.96. The summed E-state index contributed by atoms with van der Waals surface area (Å²) in [5.41, 5.74) is 13.7. The predicted molar refractivity (Wildman–Crippen MR) is 235 cm³/mol. The number of carbonyl (C=O) groups is 2. The van der Waals surface area contributed by atoms with Crippen molar-refractivity contribution in [2.24, 2.45) is 16.6 Å². The minimum Gasteiger partial charge on any atom is -0.394 e. The molecule has 1 heterocycles. The van der Waals surface area contributed by atoms with Gasteiger partial charge in [0, 0.05) is 31.7 Å². The molecule has 0 spiro atoms. The third kappa shape index (κ3) is 12.2. The van der Waals surface area contributed by atoms with Crippen molar-refractivity contribution in [1.29, 1.82) is 5.26 Å². The van der Waals surface area contributed by atoms with E-state index in [4.69, 9.17) is 10.7 Å². The summed E-state index contributed by atoms with van der Waals surface area (Å²) in [7, 11) is 3.46. The Hall–Kier alpha value is -4.68. The number of likely N-dealkylation sites (tertiary alicyclic amines) is 1. The summed E-state index contributed by atoms with van der Waals surface area (Å²) >= 11 is 0. The summed E-state index contributed by atoms with van der Waals surface area (Å²) in [4.78, 5) is 33.4. The van der Waals surface area contributed by atoms with E-state index in [9.17, 15) is 14.9 Å². The number of rotatable bonds is 12. The van der Waals surface area contributed by atoms with E-state index in [0.717, 1.165) is 73.7 Å². The number of aliphatic imine (C=N–C) groups is 1. The van der Waals surface area contributed by atoms with Crippen LogP contribution in [0.3, 0.4) is 0 Å². The molecule has 1 saturated carbocycles. The molecule has 2 aromatic carbocycles. The van der Waals surface area contributed by atoms with Gasteiger partial charge in [-0.3, -0.25) is 9.59 Å². The maximum Gasteiger partial charge on any atom is 0.251 e. The van der Waals surface area contributed by atoms with Crippen molar-refractivity contribution in [3.05, 3.63) is 101 Å². The SMILES string of the molecule is C/C=C\CCC1=C(C)C(CC(C)NCC(=O)N2C(C#N)CCCC3CC32)(C(N)=Nc2ccc(C)cc2)c2ccc(C(=O)NC)cc2CC1.C=CNC.CC.CC. The summed E-state index contributed by atoms with van der Waals surface area (Å²) in [5, 5.41) is 18.9. The Balaban J connectivity index is 0.00000125. The van der Waals surface area contributed by atoms with E-state index in [1.165, 1.54) is 11.1 Å². The van der Waals surface area contributed by atoms with Gasteiger partial charge in [0.2, 0.25) is 5.91 Å². The molecule has 306 valence electrons. The zero-order valence-electron chi connectivity index (χ0n) is 36.1. The molecule has 0 aromatic heterocycles. The lowest BCUT2D eigenvalue weighted by Gasteiger charge is -2.39. The molecule has 5 N–H and O–H groups in total. The second-order valence-electron chi connectivity index (χ2n) is 14.4. The Bertz CT molecular complexity index is 1700. The van der Waals surface area contributed by atoms with Crippen LogP contribution >= 0.6 is 0 Å². The van der Waals surface area contributed by atoms with Gasteiger partial charge in [-0.15, -0.1) is 0 Å². The largest absolute Gasteiger partial charge is 0.394 e. The lowest BCUT2D eigenvalue weighted by molar-refractivity contribution is -0.132.